The minimum absolute atomic E-state index is 0.0688. The number of nitriles is 2. The molecule has 4 aromatic carbocycles. The van der Waals surface area contributed by atoms with Crippen LogP contribution in [0.5, 0.6) is 11.5 Å². The maximum atomic E-state index is 11.9. The summed E-state index contributed by atoms with van der Waals surface area (Å²) < 4.78 is 11.1. The predicted molar refractivity (Wildman–Crippen MR) is 188 cm³/mol. The van der Waals surface area contributed by atoms with Crippen molar-refractivity contribution >= 4 is 28.7 Å². The molecule has 0 atom stereocenters. The molecule has 0 spiro atoms. The van der Waals surface area contributed by atoms with E-state index in [9.17, 15) is 4.79 Å². The number of unbranched alkanes of at least 4 members (excludes halogenated alkanes) is 3. The van der Waals surface area contributed by atoms with Crippen LogP contribution in [-0.2, 0) is 4.79 Å². The summed E-state index contributed by atoms with van der Waals surface area (Å²) in [4.78, 5) is 11.9. The highest BCUT2D eigenvalue weighted by atomic mass is 16.5. The van der Waals surface area contributed by atoms with E-state index in [0.717, 1.165) is 48.6 Å². The molecule has 0 aromatic heterocycles. The zero-order chi connectivity index (χ0) is 34.6. The number of hydrogen-bond acceptors (Lipinski definition) is 9. The Labute approximate surface area is 283 Å². The topological polar surface area (TPSA) is 133 Å². The SMILES string of the molecule is CCC(CC)C(=O)Oc1ccc(N=Nc2ccc(C#N)cc2)cc1.CCCCCCOc1ccc(N=Nc2ccc(C#N)cc2C)cc1. The van der Waals surface area contributed by atoms with Gasteiger partial charge in [-0.3, -0.25) is 4.79 Å². The van der Waals surface area contributed by atoms with Crippen LogP contribution in [0.1, 0.15) is 76.0 Å². The number of aryl methyl sites for hydroxylation is 1. The first-order chi connectivity index (χ1) is 23.4. The normalized spacial score (nSPS) is 10.7. The number of azo groups is 2. The Balaban J connectivity index is 0.000000260. The molecular formula is C39H42N6O3. The molecule has 0 aliphatic rings. The molecule has 0 unspecified atom stereocenters. The lowest BCUT2D eigenvalue weighted by Crippen LogP contribution is -2.19. The molecular weight excluding hydrogens is 600 g/mol. The van der Waals surface area contributed by atoms with Crippen molar-refractivity contribution in [3.63, 3.8) is 0 Å². The summed E-state index contributed by atoms with van der Waals surface area (Å²) in [6.07, 6.45) is 6.34. The standard InChI is InChI=1S/C20H23N3O.C19H19N3O2/c1-3-4-5-6-13-24-19-10-8-18(9-11-19)22-23-20-12-7-17(15-21)14-16(20)2;1-3-15(4-2)19(23)24-18-11-9-17(10-12-18)22-21-16-7-5-14(13-20)6-8-16/h7-12,14H,3-6,13H2,1-2H3;5-12,15H,3-4H2,1-2H3. The Hall–Kier alpha value is -5.67. The van der Waals surface area contributed by atoms with Crippen molar-refractivity contribution in [2.24, 2.45) is 26.4 Å². The Morgan fingerprint density at radius 2 is 1.19 bits per heavy atom. The molecule has 48 heavy (non-hydrogen) atoms. The molecule has 9 heteroatoms. The van der Waals surface area contributed by atoms with E-state index in [-0.39, 0.29) is 11.9 Å². The lowest BCUT2D eigenvalue weighted by Gasteiger charge is -2.11. The average Bonchev–Trinajstić information content (AvgIpc) is 3.12. The zero-order valence-corrected chi connectivity index (χ0v) is 28.1. The second-order valence-electron chi connectivity index (χ2n) is 11.0. The van der Waals surface area contributed by atoms with Gasteiger partial charge in [-0.05, 0) is 123 Å². The molecule has 0 bridgehead atoms. The van der Waals surface area contributed by atoms with Gasteiger partial charge < -0.3 is 9.47 Å². The molecule has 0 heterocycles. The van der Waals surface area contributed by atoms with Crippen LogP contribution < -0.4 is 9.47 Å². The third-order valence-corrected chi connectivity index (χ3v) is 7.35. The molecule has 4 rings (SSSR count). The largest absolute Gasteiger partial charge is 0.494 e. The minimum atomic E-state index is -0.202. The number of carbonyl (C=O) groups excluding carboxylic acids is 1. The van der Waals surface area contributed by atoms with Gasteiger partial charge in [-0.1, -0.05) is 40.0 Å². The van der Waals surface area contributed by atoms with E-state index < -0.39 is 0 Å². The predicted octanol–water partition coefficient (Wildman–Crippen LogP) is 11.6. The van der Waals surface area contributed by atoms with Gasteiger partial charge in [-0.25, -0.2) is 0 Å². The van der Waals surface area contributed by atoms with Crippen LogP contribution in [0.4, 0.5) is 22.7 Å². The Kier molecular flexibility index (Phi) is 15.7. The lowest BCUT2D eigenvalue weighted by atomic mass is 10.0. The minimum Gasteiger partial charge on any atom is -0.494 e. The molecule has 246 valence electrons. The third-order valence-electron chi connectivity index (χ3n) is 7.35. The highest BCUT2D eigenvalue weighted by Crippen LogP contribution is 2.25. The first-order valence-electron chi connectivity index (χ1n) is 16.3. The van der Waals surface area contributed by atoms with E-state index in [1.165, 1.54) is 19.3 Å². The number of hydrogen-bond donors (Lipinski definition) is 0. The van der Waals surface area contributed by atoms with Crippen LogP contribution in [0.25, 0.3) is 0 Å². The summed E-state index contributed by atoms with van der Waals surface area (Å²) in [5.74, 6) is 1.09. The molecule has 0 aliphatic heterocycles. The second kappa shape index (κ2) is 20.5. The number of carbonyl (C=O) groups is 1. The monoisotopic (exact) mass is 642 g/mol. The van der Waals surface area contributed by atoms with Gasteiger partial charge in [0.05, 0.1) is 58.5 Å². The molecule has 9 nitrogen and oxygen atoms in total. The first kappa shape index (κ1) is 36.8. The molecule has 0 amide bonds. The maximum Gasteiger partial charge on any atom is 0.314 e. The van der Waals surface area contributed by atoms with Crippen molar-refractivity contribution in [2.45, 2.75) is 66.2 Å². The highest BCUT2D eigenvalue weighted by molar-refractivity contribution is 5.75. The van der Waals surface area contributed by atoms with E-state index in [4.69, 9.17) is 20.0 Å². The Bertz CT molecular complexity index is 1710. The summed E-state index contributed by atoms with van der Waals surface area (Å²) in [6.45, 7) is 8.83. The lowest BCUT2D eigenvalue weighted by molar-refractivity contribution is -0.139. The van der Waals surface area contributed by atoms with Crippen LogP contribution in [0.3, 0.4) is 0 Å². The summed E-state index contributed by atoms with van der Waals surface area (Å²) in [5, 5.41) is 34.3. The van der Waals surface area contributed by atoms with Crippen molar-refractivity contribution in [3.05, 3.63) is 108 Å². The highest BCUT2D eigenvalue weighted by Gasteiger charge is 2.16. The summed E-state index contributed by atoms with van der Waals surface area (Å²) in [7, 11) is 0. The van der Waals surface area contributed by atoms with E-state index in [0.29, 0.717) is 28.3 Å². The number of esters is 1. The fourth-order valence-electron chi connectivity index (χ4n) is 4.40. The van der Waals surface area contributed by atoms with Crippen molar-refractivity contribution in [1.82, 2.24) is 0 Å². The van der Waals surface area contributed by atoms with Crippen LogP contribution in [0.2, 0.25) is 0 Å². The maximum absolute atomic E-state index is 11.9. The Morgan fingerprint density at radius 1 is 0.667 bits per heavy atom. The number of benzene rings is 4. The van der Waals surface area contributed by atoms with Crippen molar-refractivity contribution in [3.8, 4) is 23.6 Å². The molecule has 0 fully saturated rings. The van der Waals surface area contributed by atoms with Gasteiger partial charge in [0.2, 0.25) is 0 Å². The quantitative estimate of drug-likeness (QED) is 0.0584. The van der Waals surface area contributed by atoms with E-state index >= 15 is 0 Å². The van der Waals surface area contributed by atoms with Gasteiger partial charge in [-0.15, -0.1) is 0 Å². The molecule has 0 saturated carbocycles. The molecule has 0 radical (unpaired) electrons. The summed E-state index contributed by atoms with van der Waals surface area (Å²) in [5.41, 5.74) is 5.01. The summed E-state index contributed by atoms with van der Waals surface area (Å²) >= 11 is 0. The van der Waals surface area contributed by atoms with Crippen LogP contribution >= 0.6 is 0 Å². The van der Waals surface area contributed by atoms with Gasteiger partial charge in [0.15, 0.2) is 0 Å². The van der Waals surface area contributed by atoms with E-state index in [2.05, 4.69) is 39.5 Å². The van der Waals surface area contributed by atoms with Crippen molar-refractivity contribution in [2.75, 3.05) is 6.61 Å². The number of nitrogens with zero attached hydrogens (tertiary/aromatic N) is 6. The van der Waals surface area contributed by atoms with Crippen LogP contribution in [0, 0.1) is 35.5 Å². The van der Waals surface area contributed by atoms with Crippen molar-refractivity contribution in [1.29, 1.82) is 10.5 Å². The number of ether oxygens (including phenoxy) is 2. The molecule has 0 saturated heterocycles. The number of rotatable bonds is 14. The van der Waals surface area contributed by atoms with E-state index in [1.807, 2.05) is 57.2 Å². The average molecular weight is 643 g/mol. The smallest absolute Gasteiger partial charge is 0.314 e. The van der Waals surface area contributed by atoms with Gasteiger partial charge in [0.25, 0.3) is 0 Å². The Morgan fingerprint density at radius 3 is 1.71 bits per heavy atom. The van der Waals surface area contributed by atoms with E-state index in [1.54, 1.807) is 54.6 Å². The van der Waals surface area contributed by atoms with Gasteiger partial charge in [0, 0.05) is 0 Å². The molecule has 0 aliphatic carbocycles. The second-order valence-corrected chi connectivity index (χ2v) is 11.0. The fourth-order valence-corrected chi connectivity index (χ4v) is 4.40. The zero-order valence-electron chi connectivity index (χ0n) is 28.1. The molecule has 4 aromatic rings. The van der Waals surface area contributed by atoms with Gasteiger partial charge in [0.1, 0.15) is 11.5 Å². The fraction of sp³-hybridized carbons (Fsp3) is 0.308. The van der Waals surface area contributed by atoms with Crippen LogP contribution in [-0.4, -0.2) is 12.6 Å². The van der Waals surface area contributed by atoms with Gasteiger partial charge in [-0.2, -0.15) is 31.0 Å². The van der Waals surface area contributed by atoms with Gasteiger partial charge >= 0.3 is 5.97 Å². The summed E-state index contributed by atoms with van der Waals surface area (Å²) in [6, 6.07) is 30.9. The third kappa shape index (κ3) is 12.6. The van der Waals surface area contributed by atoms with Crippen LogP contribution in [0.15, 0.2) is 111 Å². The van der Waals surface area contributed by atoms with Crippen molar-refractivity contribution < 1.29 is 14.3 Å². The molecule has 0 N–H and O–H groups in total. The first-order valence-corrected chi connectivity index (χ1v) is 16.3.